The van der Waals surface area contributed by atoms with Crippen LogP contribution in [0.4, 0.5) is 55.3 Å². The molecule has 15 rings (SSSR count). The number of fused-ring (bicyclic) bond motifs is 3. The Morgan fingerprint density at radius 3 is 1.10 bits per heavy atom. The van der Waals surface area contributed by atoms with E-state index < -0.39 is 11.2 Å². The Kier molecular flexibility index (Phi) is 24.2. The van der Waals surface area contributed by atoms with Gasteiger partial charge in [-0.05, 0) is 207 Å². The van der Waals surface area contributed by atoms with E-state index in [1.54, 1.807) is 53.8 Å². The van der Waals surface area contributed by atoms with E-state index in [1.165, 1.54) is 5.69 Å². The van der Waals surface area contributed by atoms with Crippen LogP contribution in [-0.2, 0) is 9.47 Å². The van der Waals surface area contributed by atoms with Gasteiger partial charge >= 0.3 is 12.2 Å². The molecule has 9 aromatic rings. The van der Waals surface area contributed by atoms with E-state index in [1.807, 2.05) is 114 Å². The second-order valence-electron chi connectivity index (χ2n) is 30.2. The Hall–Kier alpha value is -11.2. The third kappa shape index (κ3) is 18.8. The molecule has 108 heavy (non-hydrogen) atoms. The van der Waals surface area contributed by atoms with Crippen LogP contribution in [0, 0.1) is 34.0 Å². The van der Waals surface area contributed by atoms with Gasteiger partial charge in [0, 0.05) is 147 Å². The number of rotatable bonds is 10. The van der Waals surface area contributed by atoms with Crippen molar-refractivity contribution in [2.24, 2.45) is 0 Å². The van der Waals surface area contributed by atoms with Crippen LogP contribution in [0.25, 0.3) is 33.1 Å². The number of piperazine rings is 3. The topological polar surface area (TPSA) is 307 Å². The predicted octanol–water partition coefficient (Wildman–Crippen LogP) is 14.1. The lowest BCUT2D eigenvalue weighted by atomic mass is 10.1. The number of benzene rings is 3. The molecule has 3 aliphatic carbocycles. The summed E-state index contributed by atoms with van der Waals surface area (Å²) in [4.78, 5) is 86.9. The number of halogens is 1. The molecule has 3 saturated heterocycles. The highest BCUT2D eigenvalue weighted by Crippen LogP contribution is 2.35. The van der Waals surface area contributed by atoms with Crippen molar-refractivity contribution < 1.29 is 19.1 Å². The third-order valence-corrected chi connectivity index (χ3v) is 20.5. The summed E-state index contributed by atoms with van der Waals surface area (Å²) < 4.78 is 16.0. The molecule has 0 unspecified atom stereocenters. The number of nitrogens with zero attached hydrogens (tertiary/aromatic N) is 14. The largest absolute Gasteiger partial charge is 0.444 e. The van der Waals surface area contributed by atoms with Crippen molar-refractivity contribution in [3.8, 4) is 18.2 Å². The van der Waals surface area contributed by atoms with Crippen molar-refractivity contribution in [2.75, 3.05) is 110 Å². The van der Waals surface area contributed by atoms with Crippen molar-refractivity contribution in [1.29, 1.82) is 15.8 Å². The van der Waals surface area contributed by atoms with Gasteiger partial charge < -0.3 is 55.7 Å². The molecule has 6 aliphatic rings. The third-order valence-electron chi connectivity index (χ3n) is 20.3. The molecular weight excluding hydrogens is 1380 g/mol. The maximum Gasteiger partial charge on any atom is 0.410 e. The molecule has 6 aromatic heterocycles. The maximum absolute atomic E-state index is 13.0. The first-order valence-corrected chi connectivity index (χ1v) is 37.9. The van der Waals surface area contributed by atoms with E-state index in [0.29, 0.717) is 59.9 Å². The SMILES string of the molecule is CC(C)(C)OC(=O)N1CCN(c2ccc(N)cc2)CC1.CC(C)(C)OC(=O)N1CCN(c2ccc(Nc3ccc4cc(C#N)c(=O)n(C5CCCC5)c4n3)cc2)CC1.N#Cc1cc2ccc(Cl)nc2n(C2CCCC2)c1=O.N#Cc1cc2ccc(Nc3ccc(N4CCNCC4)cc3)nc2n(C2CCCC2)c1=O. The van der Waals surface area contributed by atoms with Crippen molar-refractivity contribution in [2.45, 2.75) is 148 Å². The molecule has 3 saturated carbocycles. The number of nitriles is 3. The number of hydrogen-bond acceptors (Lipinski definition) is 20. The lowest BCUT2D eigenvalue weighted by Crippen LogP contribution is -2.50. The number of carbonyl (C=O) groups is 2. The van der Waals surface area contributed by atoms with E-state index >= 15 is 0 Å². The fourth-order valence-electron chi connectivity index (χ4n) is 14.8. The molecule has 3 aromatic carbocycles. The summed E-state index contributed by atoms with van der Waals surface area (Å²) in [7, 11) is 0. The molecule has 9 heterocycles. The highest BCUT2D eigenvalue weighted by atomic mass is 35.5. The molecule has 2 amide bonds. The van der Waals surface area contributed by atoms with Crippen LogP contribution in [0.1, 0.15) is 153 Å². The van der Waals surface area contributed by atoms with Crippen molar-refractivity contribution in [3.05, 3.63) is 180 Å². The number of nitrogen functional groups attached to an aromatic ring is 1. The first-order valence-electron chi connectivity index (χ1n) is 37.6. The predicted molar refractivity (Wildman–Crippen MR) is 425 cm³/mol. The molecule has 26 heteroatoms. The normalized spacial score (nSPS) is 16.5. The summed E-state index contributed by atoms with van der Waals surface area (Å²) in [6.45, 7) is 21.0. The second-order valence-corrected chi connectivity index (χ2v) is 30.6. The Balaban J connectivity index is 0.000000140. The number of aromatic nitrogens is 6. The van der Waals surface area contributed by atoms with Crippen molar-refractivity contribution in [1.82, 2.24) is 43.8 Å². The van der Waals surface area contributed by atoms with Crippen LogP contribution in [0.15, 0.2) is 142 Å². The zero-order valence-electron chi connectivity index (χ0n) is 62.4. The van der Waals surface area contributed by atoms with Crippen LogP contribution in [0.5, 0.6) is 0 Å². The molecule has 25 nitrogen and oxygen atoms in total. The number of amides is 2. The highest BCUT2D eigenvalue weighted by Gasteiger charge is 2.30. The minimum Gasteiger partial charge on any atom is -0.444 e. The molecule has 562 valence electrons. The van der Waals surface area contributed by atoms with E-state index in [-0.39, 0.29) is 63.7 Å². The number of hydrogen-bond donors (Lipinski definition) is 4. The van der Waals surface area contributed by atoms with Crippen LogP contribution >= 0.6 is 11.6 Å². The molecule has 6 fully saturated rings. The van der Waals surface area contributed by atoms with Gasteiger partial charge in [0.1, 0.15) is 79.8 Å². The number of nitrogens with one attached hydrogen (secondary N) is 3. The van der Waals surface area contributed by atoms with Gasteiger partial charge in [0.15, 0.2) is 0 Å². The number of carbonyl (C=O) groups excluding carboxylic acids is 2. The standard InChI is InChI=1S/C29H34N6O3.C24H26N6O.C15H23N3O2.C14H12ClN3O/c1-29(2,3)38-28(37)34-16-14-33(15-17-34)23-11-9-22(10-12-23)31-25-13-8-20-18-21(19-30)27(36)35(26(20)32-25)24-6-4-5-7-24;25-16-18-15-17-5-10-22(28-23(17)30(24(18)31)21-3-1-2-4-21)27-19-6-8-20(9-7-19)29-13-11-26-12-14-29;1-15(2,3)20-14(19)18-10-8-17(9-11-18)13-6-4-12(16)5-7-13;15-12-6-5-9-7-10(8-16)14(19)18(13(9)17-12)11-3-1-2-4-11/h8-13,18,24H,4-7,14-17H2,1-3H3,(H,31,32);5-10,15,21,26H,1-4,11-14H2,(H,27,28);4-7H,8-11,16H2,1-3H3;5-7,11H,1-4H2. The van der Waals surface area contributed by atoms with Crippen LogP contribution < -0.4 is 53.1 Å². The summed E-state index contributed by atoms with van der Waals surface area (Å²) in [5, 5.41) is 40.8. The van der Waals surface area contributed by atoms with Gasteiger partial charge in [0.05, 0.1) is 0 Å². The van der Waals surface area contributed by atoms with E-state index in [9.17, 15) is 34.5 Å². The molecule has 0 atom stereocenters. The van der Waals surface area contributed by atoms with Gasteiger partial charge in [-0.2, -0.15) is 15.8 Å². The van der Waals surface area contributed by atoms with E-state index in [4.69, 9.17) is 42.0 Å². The summed E-state index contributed by atoms with van der Waals surface area (Å²) in [5.74, 6) is 1.34. The number of anilines is 8. The smallest absolute Gasteiger partial charge is 0.410 e. The highest BCUT2D eigenvalue weighted by molar-refractivity contribution is 6.29. The van der Waals surface area contributed by atoms with E-state index in [0.717, 1.165) is 174 Å². The van der Waals surface area contributed by atoms with Gasteiger partial charge in [0.25, 0.3) is 16.7 Å². The first-order chi connectivity index (χ1) is 52.0. The molecule has 0 radical (unpaired) electrons. The first kappa shape index (κ1) is 76.4. The zero-order chi connectivity index (χ0) is 76.2. The lowest BCUT2D eigenvalue weighted by Gasteiger charge is -2.36. The molecule has 0 bridgehead atoms. The summed E-state index contributed by atoms with van der Waals surface area (Å²) in [6, 6.07) is 46.7. The Bertz CT molecular complexity index is 5010. The number of ether oxygens (including phenoxy) is 2. The van der Waals surface area contributed by atoms with Gasteiger partial charge in [-0.25, -0.2) is 24.5 Å². The van der Waals surface area contributed by atoms with Crippen molar-refractivity contribution in [3.63, 3.8) is 0 Å². The minimum absolute atomic E-state index is 0.0797. The summed E-state index contributed by atoms with van der Waals surface area (Å²) in [6.07, 6.45) is 11.8. The van der Waals surface area contributed by atoms with Crippen LogP contribution in [0.2, 0.25) is 5.15 Å². The fourth-order valence-corrected chi connectivity index (χ4v) is 15.0. The van der Waals surface area contributed by atoms with Crippen molar-refractivity contribution >= 4 is 103 Å². The van der Waals surface area contributed by atoms with Gasteiger partial charge in [0.2, 0.25) is 0 Å². The van der Waals surface area contributed by atoms with Gasteiger partial charge in [-0.3, -0.25) is 28.1 Å². The zero-order valence-corrected chi connectivity index (χ0v) is 63.2. The van der Waals surface area contributed by atoms with Gasteiger partial charge in [-0.15, -0.1) is 0 Å². The minimum atomic E-state index is -0.495. The average Bonchev–Trinajstić information content (AvgIpc) is 1.78. The Labute approximate surface area is 634 Å². The second kappa shape index (κ2) is 34.1. The number of pyridine rings is 6. The monoisotopic (exact) mass is 1480 g/mol. The molecular formula is C82H95ClN18O7. The van der Waals surface area contributed by atoms with E-state index in [2.05, 4.69) is 78.1 Å². The maximum atomic E-state index is 13.0. The summed E-state index contributed by atoms with van der Waals surface area (Å²) in [5.41, 5.74) is 12.4. The molecule has 0 spiro atoms. The van der Waals surface area contributed by atoms with Crippen LogP contribution in [0.3, 0.4) is 0 Å². The molecule has 5 N–H and O–H groups in total. The quantitative estimate of drug-likeness (QED) is 0.0730. The Morgan fingerprint density at radius 2 is 0.769 bits per heavy atom. The lowest BCUT2D eigenvalue weighted by molar-refractivity contribution is 0.0230. The average molecular weight is 1480 g/mol. The fraction of sp³-hybridized carbons (Fsp3) is 0.427. The summed E-state index contributed by atoms with van der Waals surface area (Å²) >= 11 is 5.93. The molecule has 3 aliphatic heterocycles. The number of nitrogens with two attached hydrogens (primary N) is 1. The van der Waals surface area contributed by atoms with Crippen LogP contribution in [-0.4, -0.2) is 140 Å². The van der Waals surface area contributed by atoms with Gasteiger partial charge in [-0.1, -0.05) is 50.1 Å². The Morgan fingerprint density at radius 1 is 0.454 bits per heavy atom.